The van der Waals surface area contributed by atoms with Crippen LogP contribution in [0, 0.1) is 0 Å². The standard InChI is InChI=1S/C19H20N6O/c1-25(9-8-20)11-6-7-14-15(10-11)23-18(22-14)16-17(21)12-4-2-3-5-13(12)24-19(16)26/h2-7,10H,8-9,20H2,1H3,(H,22,23)(H3,21,24,26). The number of nitrogen functional groups attached to an aromatic ring is 1. The molecule has 2 aromatic carbocycles. The molecule has 132 valence electrons. The zero-order valence-electron chi connectivity index (χ0n) is 14.4. The van der Waals surface area contributed by atoms with E-state index in [1.54, 1.807) is 0 Å². The molecule has 0 saturated heterocycles. The molecule has 7 nitrogen and oxygen atoms in total. The van der Waals surface area contributed by atoms with Crippen LogP contribution in [0.25, 0.3) is 33.3 Å². The van der Waals surface area contributed by atoms with Gasteiger partial charge in [0.25, 0.3) is 5.56 Å². The number of pyridine rings is 1. The number of nitrogens with zero attached hydrogens (tertiary/aromatic N) is 2. The van der Waals surface area contributed by atoms with Crippen LogP contribution in [0.1, 0.15) is 0 Å². The highest BCUT2D eigenvalue weighted by atomic mass is 16.1. The van der Waals surface area contributed by atoms with Gasteiger partial charge < -0.3 is 26.3 Å². The van der Waals surface area contributed by atoms with Crippen LogP contribution in [0.15, 0.2) is 47.3 Å². The van der Waals surface area contributed by atoms with Gasteiger partial charge in [-0.05, 0) is 24.3 Å². The van der Waals surface area contributed by atoms with Crippen molar-refractivity contribution in [1.82, 2.24) is 15.0 Å². The van der Waals surface area contributed by atoms with Crippen molar-refractivity contribution in [3.05, 3.63) is 52.8 Å². The predicted octanol–water partition coefficient (Wildman–Crippen LogP) is 2.05. The zero-order valence-corrected chi connectivity index (χ0v) is 14.4. The maximum absolute atomic E-state index is 12.6. The molecule has 7 heteroatoms. The average Bonchev–Trinajstić information content (AvgIpc) is 3.04. The first-order valence-corrected chi connectivity index (χ1v) is 8.40. The summed E-state index contributed by atoms with van der Waals surface area (Å²) in [6.45, 7) is 1.33. The monoisotopic (exact) mass is 348 g/mol. The van der Waals surface area contributed by atoms with E-state index in [0.29, 0.717) is 29.1 Å². The second-order valence-electron chi connectivity index (χ2n) is 6.29. The molecule has 0 amide bonds. The fourth-order valence-electron chi connectivity index (χ4n) is 3.18. The van der Waals surface area contributed by atoms with E-state index < -0.39 is 0 Å². The molecule has 0 unspecified atom stereocenters. The number of likely N-dealkylation sites (N-methyl/N-ethyl adjacent to an activating group) is 1. The van der Waals surface area contributed by atoms with Crippen LogP contribution < -0.4 is 21.9 Å². The number of benzene rings is 2. The summed E-state index contributed by atoms with van der Waals surface area (Å²) in [5.41, 5.74) is 15.8. The SMILES string of the molecule is CN(CCN)c1ccc2nc(-c3c(N)c4ccccc4[nH]c3=O)[nH]c2c1. The van der Waals surface area contributed by atoms with Crippen molar-refractivity contribution in [1.29, 1.82) is 0 Å². The number of para-hydroxylation sites is 1. The maximum Gasteiger partial charge on any atom is 0.261 e. The third kappa shape index (κ3) is 2.58. The highest BCUT2D eigenvalue weighted by Gasteiger charge is 2.16. The molecule has 0 spiro atoms. The number of rotatable bonds is 4. The maximum atomic E-state index is 12.6. The quantitative estimate of drug-likeness (QED) is 0.450. The fraction of sp³-hybridized carbons (Fsp3) is 0.158. The van der Waals surface area contributed by atoms with Gasteiger partial charge in [0.2, 0.25) is 0 Å². The number of fused-ring (bicyclic) bond motifs is 2. The minimum absolute atomic E-state index is 0.263. The van der Waals surface area contributed by atoms with Gasteiger partial charge in [-0.3, -0.25) is 4.79 Å². The molecule has 0 aliphatic heterocycles. The molecule has 2 heterocycles. The lowest BCUT2D eigenvalue weighted by Gasteiger charge is -2.17. The molecule has 4 aromatic rings. The van der Waals surface area contributed by atoms with Crippen LogP contribution in [0.3, 0.4) is 0 Å². The first kappa shape index (κ1) is 16.2. The van der Waals surface area contributed by atoms with Crippen molar-refractivity contribution >= 4 is 33.3 Å². The summed E-state index contributed by atoms with van der Waals surface area (Å²) in [5.74, 6) is 0.461. The zero-order chi connectivity index (χ0) is 18.3. The van der Waals surface area contributed by atoms with Crippen LogP contribution in [0.2, 0.25) is 0 Å². The highest BCUT2D eigenvalue weighted by molar-refractivity contribution is 5.97. The molecule has 0 radical (unpaired) electrons. The van der Waals surface area contributed by atoms with Gasteiger partial charge in [0.1, 0.15) is 11.4 Å². The number of imidazole rings is 1. The Hall–Kier alpha value is -3.32. The smallest absolute Gasteiger partial charge is 0.261 e. The lowest BCUT2D eigenvalue weighted by Crippen LogP contribution is -2.24. The Morgan fingerprint density at radius 3 is 2.73 bits per heavy atom. The number of anilines is 2. The number of hydrogen-bond donors (Lipinski definition) is 4. The van der Waals surface area contributed by atoms with Gasteiger partial charge in [0, 0.05) is 31.2 Å². The number of nitrogens with one attached hydrogen (secondary N) is 2. The van der Waals surface area contributed by atoms with E-state index in [-0.39, 0.29) is 5.56 Å². The van der Waals surface area contributed by atoms with Crippen LogP contribution in [0.4, 0.5) is 11.4 Å². The Morgan fingerprint density at radius 2 is 1.92 bits per heavy atom. The number of aromatic amines is 2. The molecule has 0 fully saturated rings. The molecule has 2 aromatic heterocycles. The Balaban J connectivity index is 1.87. The van der Waals surface area contributed by atoms with Crippen molar-refractivity contribution in [3.63, 3.8) is 0 Å². The van der Waals surface area contributed by atoms with E-state index in [4.69, 9.17) is 11.5 Å². The highest BCUT2D eigenvalue weighted by Crippen LogP contribution is 2.29. The van der Waals surface area contributed by atoms with Gasteiger partial charge in [-0.2, -0.15) is 0 Å². The van der Waals surface area contributed by atoms with Crippen molar-refractivity contribution in [2.75, 3.05) is 30.8 Å². The third-order valence-electron chi connectivity index (χ3n) is 4.57. The van der Waals surface area contributed by atoms with Gasteiger partial charge in [0.15, 0.2) is 0 Å². The van der Waals surface area contributed by atoms with Gasteiger partial charge in [-0.15, -0.1) is 0 Å². The van der Waals surface area contributed by atoms with Crippen molar-refractivity contribution in [2.24, 2.45) is 5.73 Å². The molecule has 4 rings (SSSR count). The minimum atomic E-state index is -0.263. The molecular formula is C19H20N6O. The van der Waals surface area contributed by atoms with Gasteiger partial charge in [-0.25, -0.2) is 4.98 Å². The Bertz CT molecular complexity index is 1160. The van der Waals surface area contributed by atoms with Crippen LogP contribution in [0.5, 0.6) is 0 Å². The Morgan fingerprint density at radius 1 is 1.12 bits per heavy atom. The fourth-order valence-corrected chi connectivity index (χ4v) is 3.18. The summed E-state index contributed by atoms with van der Waals surface area (Å²) in [6.07, 6.45) is 0. The summed E-state index contributed by atoms with van der Waals surface area (Å²) >= 11 is 0. The molecule has 0 aliphatic carbocycles. The van der Waals surface area contributed by atoms with Gasteiger partial charge in [-0.1, -0.05) is 18.2 Å². The number of H-pyrrole nitrogens is 2. The van der Waals surface area contributed by atoms with Gasteiger partial charge in [0.05, 0.1) is 22.2 Å². The van der Waals surface area contributed by atoms with E-state index in [1.165, 1.54) is 0 Å². The lowest BCUT2D eigenvalue weighted by atomic mass is 10.1. The average molecular weight is 348 g/mol. The van der Waals surface area contributed by atoms with E-state index in [0.717, 1.165) is 28.7 Å². The summed E-state index contributed by atoms with van der Waals surface area (Å²) in [4.78, 5) is 25.3. The van der Waals surface area contributed by atoms with Crippen molar-refractivity contribution < 1.29 is 0 Å². The summed E-state index contributed by atoms with van der Waals surface area (Å²) in [5, 5.41) is 0.797. The molecule has 0 bridgehead atoms. The predicted molar refractivity (Wildman–Crippen MR) is 106 cm³/mol. The van der Waals surface area contributed by atoms with E-state index >= 15 is 0 Å². The summed E-state index contributed by atoms with van der Waals surface area (Å²) in [7, 11) is 1.98. The molecular weight excluding hydrogens is 328 g/mol. The summed E-state index contributed by atoms with van der Waals surface area (Å²) in [6, 6.07) is 13.4. The second-order valence-corrected chi connectivity index (χ2v) is 6.29. The first-order valence-electron chi connectivity index (χ1n) is 8.40. The lowest BCUT2D eigenvalue weighted by molar-refractivity contribution is 0.886. The normalized spacial score (nSPS) is 11.3. The van der Waals surface area contributed by atoms with E-state index in [9.17, 15) is 4.79 Å². The second kappa shape index (κ2) is 6.20. The number of hydrogen-bond acceptors (Lipinski definition) is 5. The molecule has 6 N–H and O–H groups in total. The number of nitrogens with two attached hydrogens (primary N) is 2. The largest absolute Gasteiger partial charge is 0.397 e. The molecule has 0 atom stereocenters. The van der Waals surface area contributed by atoms with Crippen LogP contribution in [-0.2, 0) is 0 Å². The van der Waals surface area contributed by atoms with E-state index in [1.807, 2.05) is 49.5 Å². The third-order valence-corrected chi connectivity index (χ3v) is 4.57. The Labute approximate surface area is 149 Å². The number of aromatic nitrogens is 3. The summed E-state index contributed by atoms with van der Waals surface area (Å²) < 4.78 is 0. The van der Waals surface area contributed by atoms with Crippen LogP contribution >= 0.6 is 0 Å². The van der Waals surface area contributed by atoms with Crippen molar-refractivity contribution in [2.45, 2.75) is 0 Å². The van der Waals surface area contributed by atoms with E-state index in [2.05, 4.69) is 19.9 Å². The molecule has 26 heavy (non-hydrogen) atoms. The molecule has 0 aliphatic rings. The topological polar surface area (TPSA) is 117 Å². The van der Waals surface area contributed by atoms with Crippen molar-refractivity contribution in [3.8, 4) is 11.4 Å². The first-order chi connectivity index (χ1) is 12.6. The van der Waals surface area contributed by atoms with Crippen LogP contribution in [-0.4, -0.2) is 35.1 Å². The Kier molecular flexibility index (Phi) is 3.85. The molecule has 0 saturated carbocycles. The van der Waals surface area contributed by atoms with Gasteiger partial charge >= 0.3 is 0 Å². The minimum Gasteiger partial charge on any atom is -0.397 e.